The number of hydrogen-bond donors (Lipinski definition) is 0. The normalized spacial score (nSPS) is 17.9. The van der Waals surface area contributed by atoms with Crippen molar-refractivity contribution in [2.45, 2.75) is 18.9 Å². The predicted molar refractivity (Wildman–Crippen MR) is 85.8 cm³/mol. The first-order chi connectivity index (χ1) is 11.8. The summed E-state index contributed by atoms with van der Waals surface area (Å²) in [4.78, 5) is 2.35. The van der Waals surface area contributed by atoms with Crippen molar-refractivity contribution in [2.24, 2.45) is 0 Å². The van der Waals surface area contributed by atoms with E-state index in [2.05, 4.69) is 27.2 Å². The molecule has 0 amide bonds. The molecule has 0 spiro atoms. The third kappa shape index (κ3) is 2.94. The number of furan rings is 1. The second-order valence-electron chi connectivity index (χ2n) is 5.96. The van der Waals surface area contributed by atoms with E-state index in [1.54, 1.807) is 18.4 Å². The van der Waals surface area contributed by atoms with E-state index < -0.39 is 0 Å². The Morgan fingerprint density at radius 3 is 3.04 bits per heavy atom. The van der Waals surface area contributed by atoms with Gasteiger partial charge in [0.05, 0.1) is 23.8 Å². The fourth-order valence-corrected chi connectivity index (χ4v) is 3.07. The van der Waals surface area contributed by atoms with E-state index in [9.17, 15) is 0 Å². The summed E-state index contributed by atoms with van der Waals surface area (Å²) in [7, 11) is 0. The Balaban J connectivity index is 1.42. The Morgan fingerprint density at radius 1 is 1.25 bits per heavy atom. The minimum Gasteiger partial charge on any atom is -0.459 e. The SMILES string of the molecule is N#Cc1cccc(CN2CCC(c3nnc(-c4ccco4)o3)C2)c1. The largest absolute Gasteiger partial charge is 0.459 e. The van der Waals surface area contributed by atoms with Crippen LogP contribution in [0.3, 0.4) is 0 Å². The zero-order valence-electron chi connectivity index (χ0n) is 13.1. The molecule has 2 aromatic heterocycles. The van der Waals surface area contributed by atoms with Gasteiger partial charge in [0.1, 0.15) is 0 Å². The molecule has 3 heterocycles. The Morgan fingerprint density at radius 2 is 2.21 bits per heavy atom. The molecule has 6 nitrogen and oxygen atoms in total. The van der Waals surface area contributed by atoms with Crippen LogP contribution in [0, 0.1) is 11.3 Å². The average Bonchev–Trinajstić information content (AvgIpc) is 3.35. The molecule has 4 rings (SSSR count). The molecule has 0 saturated carbocycles. The predicted octanol–water partition coefficient (Wildman–Crippen LogP) is 3.19. The first kappa shape index (κ1) is 14.7. The van der Waals surface area contributed by atoms with Crippen molar-refractivity contribution < 1.29 is 8.83 Å². The lowest BCUT2D eigenvalue weighted by Crippen LogP contribution is -2.19. The van der Waals surface area contributed by atoms with Crippen molar-refractivity contribution in [3.05, 3.63) is 59.7 Å². The molecule has 1 saturated heterocycles. The molecule has 6 heteroatoms. The maximum absolute atomic E-state index is 9.00. The standard InChI is InChI=1S/C18H16N4O2/c19-10-13-3-1-4-14(9-13)11-22-7-6-15(12-22)17-20-21-18(24-17)16-5-2-8-23-16/h1-5,8-9,15H,6-7,11-12H2. The van der Waals surface area contributed by atoms with Gasteiger partial charge in [-0.1, -0.05) is 12.1 Å². The second-order valence-corrected chi connectivity index (χ2v) is 5.96. The molecule has 0 radical (unpaired) electrons. The van der Waals surface area contributed by atoms with Crippen LogP contribution in [0.2, 0.25) is 0 Å². The van der Waals surface area contributed by atoms with Crippen LogP contribution in [0.5, 0.6) is 0 Å². The van der Waals surface area contributed by atoms with E-state index in [4.69, 9.17) is 14.1 Å². The number of hydrogen-bond acceptors (Lipinski definition) is 6. The van der Waals surface area contributed by atoms with Gasteiger partial charge in [-0.3, -0.25) is 4.90 Å². The lowest BCUT2D eigenvalue weighted by atomic mass is 10.1. The van der Waals surface area contributed by atoms with Crippen LogP contribution in [-0.4, -0.2) is 28.2 Å². The third-order valence-electron chi connectivity index (χ3n) is 4.26. The van der Waals surface area contributed by atoms with Gasteiger partial charge in [-0.15, -0.1) is 10.2 Å². The van der Waals surface area contributed by atoms with Crippen LogP contribution in [0.15, 0.2) is 51.5 Å². The molecule has 0 N–H and O–H groups in total. The smallest absolute Gasteiger partial charge is 0.283 e. The highest BCUT2D eigenvalue weighted by molar-refractivity contribution is 5.42. The molecule has 1 fully saturated rings. The quantitative estimate of drug-likeness (QED) is 0.734. The Labute approximate surface area is 139 Å². The number of nitrogens with zero attached hydrogens (tertiary/aromatic N) is 4. The van der Waals surface area contributed by atoms with E-state index >= 15 is 0 Å². The fourth-order valence-electron chi connectivity index (χ4n) is 3.07. The number of benzene rings is 1. The van der Waals surface area contributed by atoms with Gasteiger partial charge in [0, 0.05) is 13.1 Å². The monoisotopic (exact) mass is 320 g/mol. The summed E-state index contributed by atoms with van der Waals surface area (Å²) in [6.45, 7) is 2.67. The van der Waals surface area contributed by atoms with Crippen molar-refractivity contribution in [1.29, 1.82) is 5.26 Å². The van der Waals surface area contributed by atoms with Gasteiger partial charge in [-0.25, -0.2) is 0 Å². The minimum atomic E-state index is 0.236. The molecule has 0 aliphatic carbocycles. The van der Waals surface area contributed by atoms with Crippen molar-refractivity contribution >= 4 is 0 Å². The molecule has 1 aromatic carbocycles. The van der Waals surface area contributed by atoms with Crippen LogP contribution in [0.1, 0.15) is 29.4 Å². The van der Waals surface area contributed by atoms with Gasteiger partial charge in [-0.2, -0.15) is 5.26 Å². The van der Waals surface area contributed by atoms with Gasteiger partial charge < -0.3 is 8.83 Å². The number of rotatable bonds is 4. The minimum absolute atomic E-state index is 0.236. The van der Waals surface area contributed by atoms with E-state index in [-0.39, 0.29) is 5.92 Å². The van der Waals surface area contributed by atoms with Crippen LogP contribution in [0.4, 0.5) is 0 Å². The molecule has 1 atom stereocenters. The third-order valence-corrected chi connectivity index (χ3v) is 4.26. The molecular formula is C18H16N4O2. The summed E-state index contributed by atoms with van der Waals surface area (Å²) in [5.74, 6) is 1.92. The van der Waals surface area contributed by atoms with Crippen LogP contribution in [0.25, 0.3) is 11.7 Å². The molecule has 0 bridgehead atoms. The second kappa shape index (κ2) is 6.30. The van der Waals surface area contributed by atoms with Gasteiger partial charge in [0.15, 0.2) is 5.76 Å². The first-order valence-electron chi connectivity index (χ1n) is 7.90. The molecule has 1 unspecified atom stereocenters. The number of likely N-dealkylation sites (tertiary alicyclic amines) is 1. The van der Waals surface area contributed by atoms with Crippen LogP contribution in [-0.2, 0) is 6.54 Å². The summed E-state index contributed by atoms with van der Waals surface area (Å²) in [5.41, 5.74) is 1.85. The van der Waals surface area contributed by atoms with Crippen LogP contribution >= 0.6 is 0 Å². The molecule has 1 aliphatic rings. The summed E-state index contributed by atoms with van der Waals surface area (Å²) in [5, 5.41) is 17.2. The molecule has 3 aromatic rings. The summed E-state index contributed by atoms with van der Waals surface area (Å²) < 4.78 is 11.0. The molecule has 1 aliphatic heterocycles. The lowest BCUT2D eigenvalue weighted by Gasteiger charge is -2.15. The average molecular weight is 320 g/mol. The van der Waals surface area contributed by atoms with Gasteiger partial charge >= 0.3 is 0 Å². The van der Waals surface area contributed by atoms with Gasteiger partial charge in [0.2, 0.25) is 5.89 Å². The summed E-state index contributed by atoms with van der Waals surface area (Å²) in [6, 6.07) is 13.5. The van der Waals surface area contributed by atoms with Crippen molar-refractivity contribution in [3.8, 4) is 17.7 Å². The molecule has 24 heavy (non-hydrogen) atoms. The van der Waals surface area contributed by atoms with Gasteiger partial charge in [-0.05, 0) is 42.8 Å². The van der Waals surface area contributed by atoms with E-state index in [0.717, 1.165) is 31.6 Å². The maximum Gasteiger partial charge on any atom is 0.283 e. The zero-order valence-corrected chi connectivity index (χ0v) is 13.1. The lowest BCUT2D eigenvalue weighted by molar-refractivity contribution is 0.320. The fraction of sp³-hybridized carbons (Fsp3) is 0.278. The van der Waals surface area contributed by atoms with E-state index in [1.165, 1.54) is 0 Å². The topological polar surface area (TPSA) is 79.1 Å². The maximum atomic E-state index is 9.00. The van der Waals surface area contributed by atoms with E-state index in [0.29, 0.717) is 23.1 Å². The Kier molecular flexibility index (Phi) is 3.85. The van der Waals surface area contributed by atoms with Crippen molar-refractivity contribution in [1.82, 2.24) is 15.1 Å². The van der Waals surface area contributed by atoms with Crippen molar-refractivity contribution in [2.75, 3.05) is 13.1 Å². The molecule has 120 valence electrons. The molecular weight excluding hydrogens is 304 g/mol. The Hall–Kier alpha value is -2.91. The van der Waals surface area contributed by atoms with E-state index in [1.807, 2.05) is 18.2 Å². The van der Waals surface area contributed by atoms with Crippen molar-refractivity contribution in [3.63, 3.8) is 0 Å². The number of aromatic nitrogens is 2. The summed E-state index contributed by atoms with van der Waals surface area (Å²) >= 11 is 0. The number of nitriles is 1. The summed E-state index contributed by atoms with van der Waals surface area (Å²) in [6.07, 6.45) is 2.57. The zero-order chi connectivity index (χ0) is 16.4. The van der Waals surface area contributed by atoms with Gasteiger partial charge in [0.25, 0.3) is 5.89 Å². The highest BCUT2D eigenvalue weighted by Crippen LogP contribution is 2.29. The highest BCUT2D eigenvalue weighted by atomic mass is 16.4. The Bertz CT molecular complexity index is 863. The first-order valence-corrected chi connectivity index (χ1v) is 7.90. The highest BCUT2D eigenvalue weighted by Gasteiger charge is 2.28. The van der Waals surface area contributed by atoms with Crippen LogP contribution < -0.4 is 0 Å².